The second-order valence-electron chi connectivity index (χ2n) is 4.74. The second-order valence-corrected chi connectivity index (χ2v) is 4.74. The third-order valence-corrected chi connectivity index (χ3v) is 4.30. The zero-order valence-electron chi connectivity index (χ0n) is 7.78. The van der Waals surface area contributed by atoms with Gasteiger partial charge in [0.1, 0.15) is 0 Å². The Balaban J connectivity index is 1.75. The van der Waals surface area contributed by atoms with Gasteiger partial charge in [-0.05, 0) is 31.1 Å². The summed E-state index contributed by atoms with van der Waals surface area (Å²) in [6, 6.07) is 0.592. The van der Waals surface area contributed by atoms with Crippen LogP contribution in [0.1, 0.15) is 19.3 Å². The molecule has 2 saturated carbocycles. The maximum atomic E-state index is 11.4. The van der Waals surface area contributed by atoms with Crippen molar-refractivity contribution in [3.63, 3.8) is 0 Å². The maximum Gasteiger partial charge on any atom is 0.236 e. The first-order chi connectivity index (χ1) is 6.31. The second kappa shape index (κ2) is 2.47. The molecule has 72 valence electrons. The van der Waals surface area contributed by atoms with Gasteiger partial charge < -0.3 is 10.6 Å². The number of likely N-dealkylation sites (tertiary alicyclic amines) is 1. The van der Waals surface area contributed by atoms with Crippen molar-refractivity contribution in [3.05, 3.63) is 0 Å². The van der Waals surface area contributed by atoms with Crippen LogP contribution in [0.2, 0.25) is 0 Å². The Hall–Kier alpha value is -0.570. The van der Waals surface area contributed by atoms with E-state index in [1.807, 2.05) is 4.90 Å². The highest BCUT2D eigenvalue weighted by Gasteiger charge is 2.57. The summed E-state index contributed by atoms with van der Waals surface area (Å²) in [6.07, 6.45) is 4.14. The molecule has 1 saturated heterocycles. The fourth-order valence-corrected chi connectivity index (χ4v) is 3.72. The molecule has 0 aromatic carbocycles. The van der Waals surface area contributed by atoms with Crippen LogP contribution in [0.5, 0.6) is 0 Å². The Morgan fingerprint density at radius 2 is 2.15 bits per heavy atom. The van der Waals surface area contributed by atoms with Crippen LogP contribution in [-0.4, -0.2) is 29.9 Å². The summed E-state index contributed by atoms with van der Waals surface area (Å²) in [5.41, 5.74) is 5.37. The molecule has 2 bridgehead atoms. The van der Waals surface area contributed by atoms with E-state index < -0.39 is 0 Å². The van der Waals surface area contributed by atoms with Crippen molar-refractivity contribution in [1.82, 2.24) is 4.90 Å². The van der Waals surface area contributed by atoms with E-state index in [2.05, 4.69) is 0 Å². The van der Waals surface area contributed by atoms with Crippen LogP contribution in [0.25, 0.3) is 0 Å². The molecule has 1 amide bonds. The van der Waals surface area contributed by atoms with Crippen LogP contribution in [0.4, 0.5) is 0 Å². The van der Waals surface area contributed by atoms with Crippen LogP contribution < -0.4 is 5.73 Å². The molecular weight excluding hydrogens is 164 g/mol. The first-order valence-electron chi connectivity index (χ1n) is 5.31. The van der Waals surface area contributed by atoms with Gasteiger partial charge in [-0.2, -0.15) is 0 Å². The average Bonchev–Trinajstić information content (AvgIpc) is 2.59. The molecule has 2 N–H and O–H groups in total. The third kappa shape index (κ3) is 0.857. The van der Waals surface area contributed by atoms with Crippen molar-refractivity contribution in [1.29, 1.82) is 0 Å². The van der Waals surface area contributed by atoms with Gasteiger partial charge in [0.25, 0.3) is 0 Å². The lowest BCUT2D eigenvalue weighted by atomic mass is 9.77. The molecule has 0 aromatic heterocycles. The molecule has 3 heteroatoms. The van der Waals surface area contributed by atoms with Gasteiger partial charge in [-0.25, -0.2) is 0 Å². The standard InChI is InChI=1S/C10H16N2O/c11-4-9(13)12-5-8-6-1-2-7(3-6)10(8)12/h6-8,10H,1-5,11H2. The number of hydrogen-bond acceptors (Lipinski definition) is 2. The van der Waals surface area contributed by atoms with Gasteiger partial charge in [0.2, 0.25) is 5.91 Å². The number of nitrogens with zero attached hydrogens (tertiary/aromatic N) is 1. The largest absolute Gasteiger partial charge is 0.338 e. The summed E-state index contributed by atoms with van der Waals surface area (Å²) in [7, 11) is 0. The molecule has 3 fully saturated rings. The molecule has 4 unspecified atom stereocenters. The average molecular weight is 180 g/mol. The molecule has 3 nitrogen and oxygen atoms in total. The van der Waals surface area contributed by atoms with Crippen LogP contribution in [0, 0.1) is 17.8 Å². The Labute approximate surface area is 78.3 Å². The van der Waals surface area contributed by atoms with Crippen molar-refractivity contribution in [2.75, 3.05) is 13.1 Å². The van der Waals surface area contributed by atoms with Crippen molar-refractivity contribution < 1.29 is 4.79 Å². The number of carbonyl (C=O) groups is 1. The Bertz CT molecular complexity index is 251. The summed E-state index contributed by atoms with van der Waals surface area (Å²) in [5.74, 6) is 2.76. The van der Waals surface area contributed by atoms with Gasteiger partial charge in [-0.1, -0.05) is 0 Å². The van der Waals surface area contributed by atoms with Crippen LogP contribution in [0.3, 0.4) is 0 Å². The molecule has 3 rings (SSSR count). The number of nitrogens with two attached hydrogens (primary N) is 1. The summed E-state index contributed by atoms with van der Waals surface area (Å²) < 4.78 is 0. The van der Waals surface area contributed by atoms with E-state index in [4.69, 9.17) is 5.73 Å². The van der Waals surface area contributed by atoms with E-state index in [-0.39, 0.29) is 12.5 Å². The predicted molar refractivity (Wildman–Crippen MR) is 48.9 cm³/mol. The highest BCUT2D eigenvalue weighted by Crippen LogP contribution is 2.55. The summed E-state index contributed by atoms with van der Waals surface area (Å²) in [4.78, 5) is 13.4. The number of carbonyl (C=O) groups excluding carboxylic acids is 1. The van der Waals surface area contributed by atoms with Gasteiger partial charge in [-0.3, -0.25) is 4.79 Å². The van der Waals surface area contributed by atoms with Gasteiger partial charge in [0, 0.05) is 18.5 Å². The lowest BCUT2D eigenvalue weighted by molar-refractivity contribution is -0.145. The third-order valence-electron chi connectivity index (χ3n) is 4.30. The zero-order chi connectivity index (χ0) is 9.00. The minimum absolute atomic E-state index is 0.161. The first-order valence-corrected chi connectivity index (χ1v) is 5.31. The molecule has 0 aromatic rings. The molecule has 0 spiro atoms. The van der Waals surface area contributed by atoms with E-state index in [1.54, 1.807) is 0 Å². The van der Waals surface area contributed by atoms with E-state index >= 15 is 0 Å². The highest BCUT2D eigenvalue weighted by molar-refractivity contribution is 5.79. The smallest absolute Gasteiger partial charge is 0.236 e. The minimum atomic E-state index is 0.161. The van der Waals surface area contributed by atoms with E-state index in [1.165, 1.54) is 19.3 Å². The van der Waals surface area contributed by atoms with Gasteiger partial charge in [0.15, 0.2) is 0 Å². The van der Waals surface area contributed by atoms with E-state index in [0.29, 0.717) is 6.04 Å². The monoisotopic (exact) mass is 180 g/mol. The minimum Gasteiger partial charge on any atom is -0.338 e. The zero-order valence-corrected chi connectivity index (χ0v) is 7.78. The van der Waals surface area contributed by atoms with Crippen LogP contribution in [-0.2, 0) is 4.79 Å². The number of hydrogen-bond donors (Lipinski definition) is 1. The Kier molecular flexibility index (Phi) is 1.48. The maximum absolute atomic E-state index is 11.4. The van der Waals surface area contributed by atoms with E-state index in [0.717, 1.165) is 24.3 Å². The fourth-order valence-electron chi connectivity index (χ4n) is 3.72. The predicted octanol–water partition coefficient (Wildman–Crippen LogP) is 0.202. The molecule has 1 aliphatic heterocycles. The quantitative estimate of drug-likeness (QED) is 0.626. The SMILES string of the molecule is NCC(=O)N1CC2C3CCC(C3)C21. The fraction of sp³-hybridized carbons (Fsp3) is 0.900. The molecule has 4 atom stereocenters. The van der Waals surface area contributed by atoms with Crippen molar-refractivity contribution in [2.24, 2.45) is 23.5 Å². The summed E-state index contributed by atoms with van der Waals surface area (Å²) in [5, 5.41) is 0. The highest BCUT2D eigenvalue weighted by atomic mass is 16.2. The lowest BCUT2D eigenvalue weighted by Gasteiger charge is -2.50. The molecule has 0 radical (unpaired) electrons. The number of rotatable bonds is 1. The summed E-state index contributed by atoms with van der Waals surface area (Å²) in [6.45, 7) is 1.20. The van der Waals surface area contributed by atoms with Crippen molar-refractivity contribution in [3.8, 4) is 0 Å². The number of amides is 1. The molecule has 3 aliphatic rings. The van der Waals surface area contributed by atoms with E-state index in [9.17, 15) is 4.79 Å². The normalized spacial score (nSPS) is 46.1. The number of fused-ring (bicyclic) bond motifs is 5. The van der Waals surface area contributed by atoms with Crippen molar-refractivity contribution >= 4 is 5.91 Å². The van der Waals surface area contributed by atoms with Crippen LogP contribution >= 0.6 is 0 Å². The molecular formula is C10H16N2O. The lowest BCUT2D eigenvalue weighted by Crippen LogP contribution is -2.62. The van der Waals surface area contributed by atoms with Gasteiger partial charge >= 0.3 is 0 Å². The van der Waals surface area contributed by atoms with Gasteiger partial charge in [0.05, 0.1) is 6.54 Å². The molecule has 13 heavy (non-hydrogen) atoms. The molecule has 1 heterocycles. The van der Waals surface area contributed by atoms with Crippen LogP contribution in [0.15, 0.2) is 0 Å². The van der Waals surface area contributed by atoms with Crippen molar-refractivity contribution in [2.45, 2.75) is 25.3 Å². The first kappa shape index (κ1) is 7.80. The topological polar surface area (TPSA) is 46.3 Å². The Morgan fingerprint density at radius 1 is 1.38 bits per heavy atom. The summed E-state index contributed by atoms with van der Waals surface area (Å²) >= 11 is 0. The Morgan fingerprint density at radius 3 is 2.85 bits per heavy atom. The molecule has 2 aliphatic carbocycles. The van der Waals surface area contributed by atoms with Gasteiger partial charge in [-0.15, -0.1) is 0 Å².